The number of hydrogen-bond donors (Lipinski definition) is 4. The summed E-state index contributed by atoms with van der Waals surface area (Å²) >= 11 is 0. The van der Waals surface area contributed by atoms with Crippen LogP contribution in [0.3, 0.4) is 0 Å². The van der Waals surface area contributed by atoms with Crippen LogP contribution in [0.15, 0.2) is 10.2 Å². The zero-order valence-corrected chi connectivity index (χ0v) is 10.1. The van der Waals surface area contributed by atoms with Crippen molar-refractivity contribution in [3.63, 3.8) is 0 Å². The molecule has 1 fully saturated rings. The number of nitrogens with one attached hydrogen (secondary N) is 2. The van der Waals surface area contributed by atoms with E-state index >= 15 is 0 Å². The topological polar surface area (TPSA) is 135 Å². The number of primary amides is 2. The van der Waals surface area contributed by atoms with Gasteiger partial charge in [-0.3, -0.25) is 0 Å². The SMILES string of the molecule is NC(=O)N/N=C1/CCCC/C(=N/NC(N)=O)CC1. The van der Waals surface area contributed by atoms with E-state index in [9.17, 15) is 9.59 Å². The molecule has 0 spiro atoms. The van der Waals surface area contributed by atoms with Gasteiger partial charge in [-0.25, -0.2) is 20.4 Å². The molecule has 4 amide bonds. The smallest absolute Gasteiger partial charge is 0.332 e. The summed E-state index contributed by atoms with van der Waals surface area (Å²) in [5, 5.41) is 7.88. The lowest BCUT2D eigenvalue weighted by Gasteiger charge is -2.13. The minimum atomic E-state index is -0.672. The molecule has 0 aromatic carbocycles. The van der Waals surface area contributed by atoms with Crippen molar-refractivity contribution in [1.82, 2.24) is 10.9 Å². The molecule has 0 saturated heterocycles. The summed E-state index contributed by atoms with van der Waals surface area (Å²) in [5.74, 6) is 0. The molecule has 8 nitrogen and oxygen atoms in total. The monoisotopic (exact) mass is 254 g/mol. The highest BCUT2D eigenvalue weighted by atomic mass is 16.2. The third-order valence-corrected chi connectivity index (χ3v) is 2.53. The highest BCUT2D eigenvalue weighted by Gasteiger charge is 2.10. The predicted octanol–water partition coefficient (Wildman–Crippen LogP) is 0.389. The third-order valence-electron chi connectivity index (χ3n) is 2.53. The molecule has 0 bridgehead atoms. The molecule has 1 rings (SSSR count). The molecule has 100 valence electrons. The third kappa shape index (κ3) is 5.83. The lowest BCUT2D eigenvalue weighted by Crippen LogP contribution is -2.27. The van der Waals surface area contributed by atoms with Crippen LogP contribution in [0.25, 0.3) is 0 Å². The summed E-state index contributed by atoms with van der Waals surface area (Å²) in [6, 6.07) is -1.34. The van der Waals surface area contributed by atoms with E-state index < -0.39 is 12.1 Å². The summed E-state index contributed by atoms with van der Waals surface area (Å²) in [7, 11) is 0. The summed E-state index contributed by atoms with van der Waals surface area (Å²) in [5.41, 5.74) is 16.1. The molecule has 8 heteroatoms. The van der Waals surface area contributed by atoms with Crippen molar-refractivity contribution < 1.29 is 9.59 Å². The van der Waals surface area contributed by atoms with Crippen molar-refractivity contribution in [2.24, 2.45) is 21.7 Å². The Morgan fingerprint density at radius 3 is 1.56 bits per heavy atom. The molecule has 1 aliphatic rings. The summed E-state index contributed by atoms with van der Waals surface area (Å²) in [6.07, 6.45) is 4.93. The van der Waals surface area contributed by atoms with Gasteiger partial charge in [0.1, 0.15) is 0 Å². The number of hydrazone groups is 2. The minimum absolute atomic E-state index is 0.672. The van der Waals surface area contributed by atoms with Crippen molar-refractivity contribution in [2.45, 2.75) is 38.5 Å². The number of carbonyl (C=O) groups is 2. The molecule has 1 aliphatic carbocycles. The number of amides is 4. The lowest BCUT2D eigenvalue weighted by molar-refractivity contribution is 0.248. The standard InChI is InChI=1S/C10H18N6O2/c11-9(17)15-13-7-3-1-2-4-8(6-5-7)14-16-10(12)18/h1-6H2,(H3,11,15,17)(H3,12,16,18)/b13-7-,14-8-. The van der Waals surface area contributed by atoms with Crippen LogP contribution in [0.1, 0.15) is 38.5 Å². The van der Waals surface area contributed by atoms with E-state index in [4.69, 9.17) is 11.5 Å². The van der Waals surface area contributed by atoms with E-state index in [0.29, 0.717) is 12.8 Å². The van der Waals surface area contributed by atoms with Crippen LogP contribution in [0.5, 0.6) is 0 Å². The Morgan fingerprint density at radius 2 is 1.22 bits per heavy atom. The number of urea groups is 2. The van der Waals surface area contributed by atoms with Gasteiger partial charge in [0, 0.05) is 11.4 Å². The van der Waals surface area contributed by atoms with Gasteiger partial charge in [0.15, 0.2) is 0 Å². The first-order chi connectivity index (χ1) is 8.58. The molecular weight excluding hydrogens is 236 g/mol. The lowest BCUT2D eigenvalue weighted by atomic mass is 9.98. The number of hydrogen-bond acceptors (Lipinski definition) is 4. The maximum Gasteiger partial charge on any atom is 0.332 e. The van der Waals surface area contributed by atoms with Gasteiger partial charge < -0.3 is 11.5 Å². The first-order valence-electron chi connectivity index (χ1n) is 5.79. The Balaban J connectivity index is 2.54. The maximum atomic E-state index is 10.6. The van der Waals surface area contributed by atoms with E-state index in [1.165, 1.54) is 0 Å². The maximum absolute atomic E-state index is 10.6. The number of rotatable bonds is 2. The molecule has 1 saturated carbocycles. The molecule has 0 heterocycles. The Morgan fingerprint density at radius 1 is 0.833 bits per heavy atom. The van der Waals surface area contributed by atoms with E-state index in [-0.39, 0.29) is 0 Å². The second-order valence-corrected chi connectivity index (χ2v) is 4.02. The Hall–Kier alpha value is -2.12. The van der Waals surface area contributed by atoms with E-state index in [2.05, 4.69) is 21.1 Å². The second-order valence-electron chi connectivity index (χ2n) is 4.02. The quantitative estimate of drug-likeness (QED) is 0.530. The molecule has 0 aromatic rings. The molecule has 6 N–H and O–H groups in total. The Labute approximate surface area is 105 Å². The van der Waals surface area contributed by atoms with Gasteiger partial charge >= 0.3 is 12.1 Å². The van der Waals surface area contributed by atoms with Crippen LogP contribution in [0, 0.1) is 0 Å². The normalized spacial score (nSPS) is 21.1. The van der Waals surface area contributed by atoms with Gasteiger partial charge in [0.05, 0.1) is 0 Å². The van der Waals surface area contributed by atoms with Gasteiger partial charge in [-0.15, -0.1) is 0 Å². The van der Waals surface area contributed by atoms with Crippen LogP contribution < -0.4 is 22.3 Å². The first-order valence-corrected chi connectivity index (χ1v) is 5.79. The van der Waals surface area contributed by atoms with Gasteiger partial charge in [0.25, 0.3) is 0 Å². The highest BCUT2D eigenvalue weighted by molar-refractivity contribution is 5.93. The van der Waals surface area contributed by atoms with Crippen LogP contribution in [0.2, 0.25) is 0 Å². The predicted molar refractivity (Wildman–Crippen MR) is 68.0 cm³/mol. The van der Waals surface area contributed by atoms with Crippen LogP contribution in [-0.4, -0.2) is 23.5 Å². The Bertz CT molecular complexity index is 341. The fourth-order valence-corrected chi connectivity index (χ4v) is 1.69. The molecule has 0 aliphatic heterocycles. The van der Waals surface area contributed by atoms with E-state index in [1.807, 2.05) is 0 Å². The molecule has 0 atom stereocenters. The fourth-order valence-electron chi connectivity index (χ4n) is 1.69. The van der Waals surface area contributed by atoms with Gasteiger partial charge in [-0.05, 0) is 38.5 Å². The van der Waals surface area contributed by atoms with Crippen molar-refractivity contribution in [2.75, 3.05) is 0 Å². The zero-order valence-electron chi connectivity index (χ0n) is 10.1. The average Bonchev–Trinajstić information content (AvgIpc) is 2.26. The van der Waals surface area contributed by atoms with Crippen molar-refractivity contribution in [3.8, 4) is 0 Å². The zero-order chi connectivity index (χ0) is 13.4. The van der Waals surface area contributed by atoms with Crippen LogP contribution in [-0.2, 0) is 0 Å². The van der Waals surface area contributed by atoms with Crippen LogP contribution >= 0.6 is 0 Å². The van der Waals surface area contributed by atoms with Gasteiger partial charge in [0.2, 0.25) is 0 Å². The second kappa shape index (κ2) is 7.25. The minimum Gasteiger partial charge on any atom is -0.350 e. The molecule has 0 unspecified atom stereocenters. The Kier molecular flexibility index (Phi) is 5.62. The average molecular weight is 254 g/mol. The van der Waals surface area contributed by atoms with Crippen molar-refractivity contribution in [3.05, 3.63) is 0 Å². The molecular formula is C10H18N6O2. The number of carbonyl (C=O) groups excluding carboxylic acids is 2. The van der Waals surface area contributed by atoms with Crippen molar-refractivity contribution in [1.29, 1.82) is 0 Å². The summed E-state index contributed by atoms with van der Waals surface area (Å²) < 4.78 is 0. The first kappa shape index (κ1) is 13.9. The molecule has 0 radical (unpaired) electrons. The summed E-state index contributed by atoms with van der Waals surface area (Å²) in [6.45, 7) is 0. The number of nitrogens with zero attached hydrogens (tertiary/aromatic N) is 2. The molecule has 0 aromatic heterocycles. The van der Waals surface area contributed by atoms with Gasteiger partial charge in [-0.2, -0.15) is 10.2 Å². The highest BCUT2D eigenvalue weighted by Crippen LogP contribution is 2.13. The van der Waals surface area contributed by atoms with Gasteiger partial charge in [-0.1, -0.05) is 0 Å². The van der Waals surface area contributed by atoms with Crippen LogP contribution in [0.4, 0.5) is 9.59 Å². The summed E-state index contributed by atoms with van der Waals surface area (Å²) in [4.78, 5) is 21.1. The number of nitrogens with two attached hydrogens (primary N) is 2. The fraction of sp³-hybridized carbons (Fsp3) is 0.600. The van der Waals surface area contributed by atoms with E-state index in [0.717, 1.165) is 37.1 Å². The van der Waals surface area contributed by atoms with Crippen molar-refractivity contribution >= 4 is 23.5 Å². The largest absolute Gasteiger partial charge is 0.350 e. The van der Waals surface area contributed by atoms with E-state index in [1.54, 1.807) is 0 Å². The molecule has 18 heavy (non-hydrogen) atoms.